The summed E-state index contributed by atoms with van der Waals surface area (Å²) < 4.78 is 22.8. The Bertz CT molecular complexity index is 584. The maximum absolute atomic E-state index is 12.2. The van der Waals surface area contributed by atoms with Crippen molar-refractivity contribution >= 4 is 27.5 Å². The van der Waals surface area contributed by atoms with E-state index in [9.17, 15) is 13.2 Å². The third-order valence-corrected chi connectivity index (χ3v) is 6.10. The van der Waals surface area contributed by atoms with Crippen LogP contribution in [0, 0.1) is 5.92 Å². The van der Waals surface area contributed by atoms with Crippen LogP contribution in [0.4, 0.5) is 0 Å². The lowest BCUT2D eigenvalue weighted by Gasteiger charge is -2.12. The van der Waals surface area contributed by atoms with E-state index in [2.05, 4.69) is 5.32 Å². The zero-order valence-corrected chi connectivity index (χ0v) is 13.1. The normalized spacial score (nSPS) is 20.8. The van der Waals surface area contributed by atoms with Crippen LogP contribution in [0.1, 0.15) is 23.7 Å². The number of carbonyl (C=O) groups excluding carboxylic acids is 1. The van der Waals surface area contributed by atoms with Crippen molar-refractivity contribution in [2.24, 2.45) is 5.92 Å². The summed E-state index contributed by atoms with van der Waals surface area (Å²) in [5.41, 5.74) is 0.667. The Kier molecular flexibility index (Phi) is 5.10. The first-order valence-corrected chi connectivity index (χ1v) is 9.53. The fourth-order valence-electron chi connectivity index (χ4n) is 2.30. The van der Waals surface area contributed by atoms with Gasteiger partial charge in [-0.1, -0.05) is 19.1 Å². The molecule has 1 amide bonds. The van der Waals surface area contributed by atoms with Gasteiger partial charge in [0.15, 0.2) is 9.84 Å². The molecule has 2 rings (SSSR count). The standard InChI is InChI=1S/C14H19NO3S2/c1-2-19-13-6-4-3-5-12(13)14(16)15-9-11-7-8-20(17,18)10-11/h3-6,11H,2,7-10H2,1H3,(H,15,16). The second-order valence-electron chi connectivity index (χ2n) is 4.91. The third kappa shape index (κ3) is 3.99. The Morgan fingerprint density at radius 3 is 2.80 bits per heavy atom. The minimum absolute atomic E-state index is 0.0509. The summed E-state index contributed by atoms with van der Waals surface area (Å²) in [5.74, 6) is 1.28. The Hall–Kier alpha value is -1.01. The highest BCUT2D eigenvalue weighted by Gasteiger charge is 2.28. The predicted octanol–water partition coefficient (Wildman–Crippen LogP) is 1.96. The van der Waals surface area contributed by atoms with E-state index in [0.29, 0.717) is 18.5 Å². The number of hydrogen-bond acceptors (Lipinski definition) is 4. The Morgan fingerprint density at radius 2 is 2.15 bits per heavy atom. The average molecular weight is 313 g/mol. The monoisotopic (exact) mass is 313 g/mol. The van der Waals surface area contributed by atoms with Gasteiger partial charge in [-0.25, -0.2) is 8.42 Å². The molecule has 1 aliphatic rings. The van der Waals surface area contributed by atoms with Crippen molar-refractivity contribution in [3.8, 4) is 0 Å². The van der Waals surface area contributed by atoms with E-state index < -0.39 is 9.84 Å². The fraction of sp³-hybridized carbons (Fsp3) is 0.500. The summed E-state index contributed by atoms with van der Waals surface area (Å²) in [5, 5.41) is 2.86. The number of benzene rings is 1. The lowest BCUT2D eigenvalue weighted by molar-refractivity contribution is 0.0945. The molecule has 0 aliphatic carbocycles. The molecule has 0 aromatic heterocycles. The summed E-state index contributed by atoms with van der Waals surface area (Å²) in [4.78, 5) is 13.1. The lowest BCUT2D eigenvalue weighted by atomic mass is 10.1. The first-order valence-electron chi connectivity index (χ1n) is 6.72. The molecule has 1 aliphatic heterocycles. The van der Waals surface area contributed by atoms with Gasteiger partial charge in [0.05, 0.1) is 17.1 Å². The molecule has 110 valence electrons. The Balaban J connectivity index is 1.95. The summed E-state index contributed by atoms with van der Waals surface area (Å²) >= 11 is 1.63. The second-order valence-corrected chi connectivity index (χ2v) is 8.44. The van der Waals surface area contributed by atoms with Crippen LogP contribution in [0.3, 0.4) is 0 Å². The van der Waals surface area contributed by atoms with Crippen LogP contribution in [0.15, 0.2) is 29.2 Å². The van der Waals surface area contributed by atoms with E-state index in [1.807, 2.05) is 25.1 Å². The maximum atomic E-state index is 12.2. The van der Waals surface area contributed by atoms with Crippen LogP contribution in [0.5, 0.6) is 0 Å². The molecule has 1 heterocycles. The third-order valence-electron chi connectivity index (χ3n) is 3.31. The summed E-state index contributed by atoms with van der Waals surface area (Å²) in [6.45, 7) is 2.48. The zero-order valence-electron chi connectivity index (χ0n) is 11.5. The molecular formula is C14H19NO3S2. The molecule has 1 N–H and O–H groups in total. The predicted molar refractivity (Wildman–Crippen MR) is 81.9 cm³/mol. The molecule has 20 heavy (non-hydrogen) atoms. The molecule has 0 spiro atoms. The van der Waals surface area contributed by atoms with E-state index in [1.54, 1.807) is 17.8 Å². The molecular weight excluding hydrogens is 294 g/mol. The molecule has 1 aromatic carbocycles. The lowest BCUT2D eigenvalue weighted by Crippen LogP contribution is -2.30. The van der Waals surface area contributed by atoms with Crippen LogP contribution in [0.25, 0.3) is 0 Å². The van der Waals surface area contributed by atoms with E-state index in [4.69, 9.17) is 0 Å². The van der Waals surface area contributed by atoms with E-state index >= 15 is 0 Å². The fourth-order valence-corrected chi connectivity index (χ4v) is 4.96. The molecule has 1 atom stereocenters. The van der Waals surface area contributed by atoms with Crippen molar-refractivity contribution in [1.82, 2.24) is 5.32 Å². The highest BCUT2D eigenvalue weighted by molar-refractivity contribution is 7.99. The maximum Gasteiger partial charge on any atom is 0.252 e. The van der Waals surface area contributed by atoms with Gasteiger partial charge in [-0.15, -0.1) is 11.8 Å². The SMILES string of the molecule is CCSc1ccccc1C(=O)NCC1CCS(=O)(=O)C1. The van der Waals surface area contributed by atoms with Crippen LogP contribution < -0.4 is 5.32 Å². The van der Waals surface area contributed by atoms with Crippen LogP contribution in [-0.2, 0) is 9.84 Å². The Labute approximate surface area is 124 Å². The molecule has 0 radical (unpaired) electrons. The first-order chi connectivity index (χ1) is 9.52. The molecule has 1 fully saturated rings. The van der Waals surface area contributed by atoms with Crippen molar-refractivity contribution in [2.75, 3.05) is 23.8 Å². The minimum atomic E-state index is -2.88. The van der Waals surface area contributed by atoms with Crippen molar-refractivity contribution in [2.45, 2.75) is 18.2 Å². The average Bonchev–Trinajstić information content (AvgIpc) is 2.77. The molecule has 4 nitrogen and oxygen atoms in total. The number of sulfone groups is 1. The van der Waals surface area contributed by atoms with Crippen LogP contribution >= 0.6 is 11.8 Å². The van der Waals surface area contributed by atoms with Gasteiger partial charge in [-0.3, -0.25) is 4.79 Å². The number of hydrogen-bond donors (Lipinski definition) is 1. The van der Waals surface area contributed by atoms with E-state index in [1.165, 1.54) is 0 Å². The largest absolute Gasteiger partial charge is 0.352 e. The van der Waals surface area contributed by atoms with Gasteiger partial charge in [0.1, 0.15) is 0 Å². The van der Waals surface area contributed by atoms with Gasteiger partial charge in [-0.05, 0) is 30.2 Å². The van der Waals surface area contributed by atoms with Gasteiger partial charge >= 0.3 is 0 Å². The molecule has 0 bridgehead atoms. The summed E-state index contributed by atoms with van der Waals surface area (Å²) in [7, 11) is -2.88. The highest BCUT2D eigenvalue weighted by Crippen LogP contribution is 2.22. The Morgan fingerprint density at radius 1 is 1.40 bits per heavy atom. The van der Waals surface area contributed by atoms with Crippen molar-refractivity contribution in [3.05, 3.63) is 29.8 Å². The highest BCUT2D eigenvalue weighted by atomic mass is 32.2. The number of amides is 1. The summed E-state index contributed by atoms with van der Waals surface area (Å²) in [6.07, 6.45) is 0.647. The molecule has 1 saturated heterocycles. The number of thioether (sulfide) groups is 1. The van der Waals surface area contributed by atoms with Gasteiger partial charge in [-0.2, -0.15) is 0 Å². The number of rotatable bonds is 5. The molecule has 6 heteroatoms. The van der Waals surface area contributed by atoms with Gasteiger partial charge < -0.3 is 5.32 Å². The summed E-state index contributed by atoms with van der Waals surface area (Å²) in [6, 6.07) is 7.49. The minimum Gasteiger partial charge on any atom is -0.352 e. The topological polar surface area (TPSA) is 63.2 Å². The molecule has 0 saturated carbocycles. The van der Waals surface area contributed by atoms with Crippen LogP contribution in [-0.4, -0.2) is 38.1 Å². The van der Waals surface area contributed by atoms with Crippen LogP contribution in [0.2, 0.25) is 0 Å². The van der Waals surface area contributed by atoms with Gasteiger partial charge in [0.2, 0.25) is 0 Å². The zero-order chi connectivity index (χ0) is 14.6. The molecule has 1 unspecified atom stereocenters. The number of nitrogens with one attached hydrogen (secondary N) is 1. The van der Waals surface area contributed by atoms with Crippen molar-refractivity contribution in [3.63, 3.8) is 0 Å². The van der Waals surface area contributed by atoms with E-state index in [0.717, 1.165) is 10.6 Å². The van der Waals surface area contributed by atoms with Crippen molar-refractivity contribution < 1.29 is 13.2 Å². The number of carbonyl (C=O) groups is 1. The quantitative estimate of drug-likeness (QED) is 0.844. The van der Waals surface area contributed by atoms with E-state index in [-0.39, 0.29) is 23.3 Å². The van der Waals surface area contributed by atoms with Crippen molar-refractivity contribution in [1.29, 1.82) is 0 Å². The van der Waals surface area contributed by atoms with Gasteiger partial charge in [0, 0.05) is 11.4 Å². The molecule has 1 aromatic rings. The van der Waals surface area contributed by atoms with Gasteiger partial charge in [0.25, 0.3) is 5.91 Å². The smallest absolute Gasteiger partial charge is 0.252 e. The second kappa shape index (κ2) is 6.63. The first kappa shape index (κ1) is 15.4.